The molecule has 0 bridgehead atoms. The lowest BCUT2D eigenvalue weighted by Gasteiger charge is -2.36. The van der Waals surface area contributed by atoms with Crippen LogP contribution in [0.3, 0.4) is 0 Å². The van der Waals surface area contributed by atoms with E-state index in [1.165, 1.54) is 9.80 Å². The van der Waals surface area contributed by atoms with Gasteiger partial charge in [-0.1, -0.05) is 0 Å². The van der Waals surface area contributed by atoms with Gasteiger partial charge in [0.25, 0.3) is 5.69 Å². The second-order valence-corrected chi connectivity index (χ2v) is 8.27. The number of rotatable bonds is 4. The average Bonchev–Trinajstić information content (AvgIpc) is 3.19. The second kappa shape index (κ2) is 9.12. The van der Waals surface area contributed by atoms with Gasteiger partial charge in [-0.2, -0.15) is 13.2 Å². The van der Waals surface area contributed by atoms with E-state index >= 15 is 0 Å². The van der Waals surface area contributed by atoms with Crippen molar-refractivity contribution in [2.75, 3.05) is 42.5 Å². The Kier molecular flexibility index (Phi) is 6.34. The summed E-state index contributed by atoms with van der Waals surface area (Å²) in [5.74, 6) is -3.30. The summed E-state index contributed by atoms with van der Waals surface area (Å²) in [4.78, 5) is 40.0. The van der Waals surface area contributed by atoms with Gasteiger partial charge in [0.1, 0.15) is 17.3 Å². The Bertz CT molecular complexity index is 1180. The molecule has 2 aliphatic heterocycles. The molecule has 2 aliphatic rings. The Balaban J connectivity index is 1.42. The molecule has 0 aromatic heterocycles. The topological polar surface area (TPSA) is 87.0 Å². The molecule has 2 amide bonds. The summed E-state index contributed by atoms with van der Waals surface area (Å²) in [5, 5.41) is 11.4. The molecular weight excluding hydrogens is 479 g/mol. The largest absolute Gasteiger partial charge is 0.416 e. The Hall–Kier alpha value is -3.77. The summed E-state index contributed by atoms with van der Waals surface area (Å²) in [6, 6.07) is 5.10. The monoisotopic (exact) mass is 498 g/mol. The number of nitro benzene ring substituents is 1. The van der Waals surface area contributed by atoms with Crippen LogP contribution in [-0.4, -0.2) is 54.4 Å². The van der Waals surface area contributed by atoms with Crippen LogP contribution in [0.25, 0.3) is 0 Å². The van der Waals surface area contributed by atoms with Crippen molar-refractivity contribution < 1.29 is 36.5 Å². The third-order valence-electron chi connectivity index (χ3n) is 6.11. The molecule has 186 valence electrons. The molecule has 2 aromatic rings. The van der Waals surface area contributed by atoms with E-state index in [0.717, 1.165) is 29.2 Å². The smallest absolute Gasteiger partial charge is 0.362 e. The molecule has 0 radical (unpaired) electrons. The van der Waals surface area contributed by atoms with Crippen LogP contribution in [0, 0.1) is 27.7 Å². The summed E-state index contributed by atoms with van der Waals surface area (Å²) < 4.78 is 66.1. The minimum atomic E-state index is -4.72. The average molecular weight is 498 g/mol. The SMILES string of the molecule is O=C(C1CC(=O)N(c2ccc(F)cc2F)C1)N1CCN(c2ccc(C(F)(F)F)cc2[N+](=O)[O-])CC1. The Morgan fingerprint density at radius 1 is 1.00 bits per heavy atom. The highest BCUT2D eigenvalue weighted by Crippen LogP contribution is 2.37. The van der Waals surface area contributed by atoms with Crippen LogP contribution in [0.5, 0.6) is 0 Å². The van der Waals surface area contributed by atoms with Gasteiger partial charge < -0.3 is 14.7 Å². The number of piperazine rings is 1. The number of amides is 2. The number of alkyl halides is 3. The molecule has 1 atom stereocenters. The lowest BCUT2D eigenvalue weighted by Crippen LogP contribution is -2.50. The van der Waals surface area contributed by atoms with Gasteiger partial charge >= 0.3 is 6.18 Å². The van der Waals surface area contributed by atoms with Crippen LogP contribution < -0.4 is 9.80 Å². The van der Waals surface area contributed by atoms with E-state index in [9.17, 15) is 41.7 Å². The van der Waals surface area contributed by atoms with Gasteiger partial charge in [-0.15, -0.1) is 0 Å². The van der Waals surface area contributed by atoms with E-state index in [-0.39, 0.29) is 56.4 Å². The third kappa shape index (κ3) is 4.88. The number of anilines is 2. The van der Waals surface area contributed by atoms with Crippen LogP contribution in [0.15, 0.2) is 36.4 Å². The summed E-state index contributed by atoms with van der Waals surface area (Å²) in [6.07, 6.45) is -4.88. The third-order valence-corrected chi connectivity index (χ3v) is 6.11. The molecule has 1 unspecified atom stereocenters. The fourth-order valence-corrected chi connectivity index (χ4v) is 4.35. The Labute approximate surface area is 195 Å². The molecule has 2 heterocycles. The van der Waals surface area contributed by atoms with Gasteiger partial charge in [-0.05, 0) is 24.3 Å². The molecule has 8 nitrogen and oxygen atoms in total. The number of halogens is 5. The van der Waals surface area contributed by atoms with Crippen molar-refractivity contribution in [1.82, 2.24) is 4.90 Å². The number of hydrogen-bond donors (Lipinski definition) is 0. The summed E-state index contributed by atoms with van der Waals surface area (Å²) >= 11 is 0. The first-order chi connectivity index (χ1) is 16.5. The molecule has 2 saturated heterocycles. The van der Waals surface area contributed by atoms with Crippen molar-refractivity contribution in [2.24, 2.45) is 5.92 Å². The zero-order chi connectivity index (χ0) is 25.5. The first-order valence-corrected chi connectivity index (χ1v) is 10.6. The molecule has 0 N–H and O–H groups in total. The van der Waals surface area contributed by atoms with E-state index in [1.807, 2.05) is 0 Å². The van der Waals surface area contributed by atoms with Crippen LogP contribution in [0.1, 0.15) is 12.0 Å². The molecular formula is C22H19F5N4O4. The fraction of sp³-hybridized carbons (Fsp3) is 0.364. The zero-order valence-electron chi connectivity index (χ0n) is 18.1. The van der Waals surface area contributed by atoms with Gasteiger partial charge in [0.05, 0.1) is 22.1 Å². The Morgan fingerprint density at radius 3 is 2.26 bits per heavy atom. The van der Waals surface area contributed by atoms with Gasteiger partial charge in [0, 0.05) is 51.3 Å². The van der Waals surface area contributed by atoms with Crippen molar-refractivity contribution in [2.45, 2.75) is 12.6 Å². The quantitative estimate of drug-likeness (QED) is 0.365. The standard InChI is InChI=1S/C22H19F5N4O4/c23-15-2-4-17(16(24)11-15)30-12-13(9-20(30)32)21(33)29-7-5-28(6-8-29)18-3-1-14(22(25,26)27)10-19(18)31(34)35/h1-4,10-11,13H,5-9,12H2. The molecule has 35 heavy (non-hydrogen) atoms. The molecule has 0 spiro atoms. The van der Waals surface area contributed by atoms with Crippen molar-refractivity contribution in [1.29, 1.82) is 0 Å². The van der Waals surface area contributed by atoms with Crippen LogP contribution in [-0.2, 0) is 15.8 Å². The highest BCUT2D eigenvalue weighted by atomic mass is 19.4. The van der Waals surface area contributed by atoms with Crippen LogP contribution >= 0.6 is 0 Å². The van der Waals surface area contributed by atoms with E-state index in [1.54, 1.807) is 0 Å². The summed E-state index contributed by atoms with van der Waals surface area (Å²) in [7, 11) is 0. The fourth-order valence-electron chi connectivity index (χ4n) is 4.35. The molecule has 0 saturated carbocycles. The number of carbonyl (C=O) groups excluding carboxylic acids is 2. The van der Waals surface area contributed by atoms with Crippen molar-refractivity contribution >= 4 is 28.9 Å². The van der Waals surface area contributed by atoms with Gasteiger partial charge in [-0.25, -0.2) is 8.78 Å². The van der Waals surface area contributed by atoms with Gasteiger partial charge in [0.15, 0.2) is 0 Å². The number of nitrogens with zero attached hydrogens (tertiary/aromatic N) is 4. The van der Waals surface area contributed by atoms with Crippen LogP contribution in [0.4, 0.5) is 39.0 Å². The first-order valence-electron chi connectivity index (χ1n) is 10.6. The minimum Gasteiger partial charge on any atom is -0.362 e. The second-order valence-electron chi connectivity index (χ2n) is 8.27. The Morgan fingerprint density at radius 2 is 1.66 bits per heavy atom. The maximum atomic E-state index is 14.1. The normalized spacial score (nSPS) is 18.8. The van der Waals surface area contributed by atoms with E-state index < -0.39 is 45.8 Å². The van der Waals surface area contributed by atoms with E-state index in [0.29, 0.717) is 12.1 Å². The lowest BCUT2D eigenvalue weighted by molar-refractivity contribution is -0.384. The summed E-state index contributed by atoms with van der Waals surface area (Å²) in [5.41, 5.74) is -1.91. The van der Waals surface area contributed by atoms with Crippen molar-refractivity contribution in [3.05, 3.63) is 63.7 Å². The lowest BCUT2D eigenvalue weighted by atomic mass is 10.1. The predicted molar refractivity (Wildman–Crippen MR) is 114 cm³/mol. The number of nitro groups is 1. The molecule has 0 aliphatic carbocycles. The highest BCUT2D eigenvalue weighted by Gasteiger charge is 2.39. The van der Waals surface area contributed by atoms with Crippen molar-refractivity contribution in [3.63, 3.8) is 0 Å². The van der Waals surface area contributed by atoms with Crippen molar-refractivity contribution in [3.8, 4) is 0 Å². The highest BCUT2D eigenvalue weighted by molar-refractivity contribution is 6.00. The number of benzene rings is 2. The first kappa shape index (κ1) is 24.4. The molecule has 13 heteroatoms. The minimum absolute atomic E-state index is 0.0177. The predicted octanol–water partition coefficient (Wildman–Crippen LogP) is 3.59. The maximum absolute atomic E-state index is 14.1. The zero-order valence-corrected chi connectivity index (χ0v) is 18.1. The number of carbonyl (C=O) groups is 2. The van der Waals surface area contributed by atoms with E-state index in [4.69, 9.17) is 0 Å². The maximum Gasteiger partial charge on any atom is 0.416 e. The van der Waals surface area contributed by atoms with E-state index in [2.05, 4.69) is 0 Å². The molecule has 4 rings (SSSR count). The van der Waals surface area contributed by atoms with Gasteiger partial charge in [-0.3, -0.25) is 19.7 Å². The number of hydrogen-bond acceptors (Lipinski definition) is 5. The molecule has 2 aromatic carbocycles. The summed E-state index contributed by atoms with van der Waals surface area (Å²) in [6.45, 7) is 0.452. The van der Waals surface area contributed by atoms with Crippen LogP contribution in [0.2, 0.25) is 0 Å². The van der Waals surface area contributed by atoms with Gasteiger partial charge in [0.2, 0.25) is 11.8 Å². The molecule has 2 fully saturated rings.